The Labute approximate surface area is 224 Å². The monoisotopic (exact) mass is 530 g/mol. The number of hydrogen-bond donors (Lipinski definition) is 1. The lowest BCUT2D eigenvalue weighted by molar-refractivity contribution is -0.134. The molecular formula is C29H30N4O4S. The lowest BCUT2D eigenvalue weighted by atomic mass is 9.92. The number of rotatable bonds is 6. The van der Waals surface area contributed by atoms with Crippen molar-refractivity contribution in [2.45, 2.75) is 33.7 Å². The summed E-state index contributed by atoms with van der Waals surface area (Å²) in [5.74, 6) is 1.85. The van der Waals surface area contributed by atoms with Gasteiger partial charge in [0.1, 0.15) is 22.9 Å². The zero-order valence-electron chi connectivity index (χ0n) is 21.6. The second-order valence-electron chi connectivity index (χ2n) is 10.1. The van der Waals surface area contributed by atoms with E-state index in [0.29, 0.717) is 57.0 Å². The number of carbonyl (C=O) groups is 2. The van der Waals surface area contributed by atoms with E-state index in [1.165, 1.54) is 22.2 Å². The van der Waals surface area contributed by atoms with Crippen molar-refractivity contribution in [3.05, 3.63) is 81.7 Å². The van der Waals surface area contributed by atoms with E-state index in [4.69, 9.17) is 4.74 Å². The number of hydrogen-bond acceptors (Lipinski definition) is 6. The van der Waals surface area contributed by atoms with Crippen LogP contribution in [0.5, 0.6) is 11.5 Å². The van der Waals surface area contributed by atoms with Gasteiger partial charge >= 0.3 is 0 Å². The van der Waals surface area contributed by atoms with Gasteiger partial charge in [0.15, 0.2) is 0 Å². The molecule has 1 aliphatic rings. The molecule has 8 nitrogen and oxygen atoms in total. The van der Waals surface area contributed by atoms with Gasteiger partial charge in [-0.2, -0.15) is 0 Å². The number of likely N-dealkylation sites (tertiary alicyclic amines) is 1. The Balaban J connectivity index is 1.31. The number of amides is 2. The van der Waals surface area contributed by atoms with Gasteiger partial charge in [0.2, 0.25) is 5.91 Å². The second-order valence-corrected chi connectivity index (χ2v) is 11.1. The first kappa shape index (κ1) is 25.7. The Morgan fingerprint density at radius 1 is 1.03 bits per heavy atom. The van der Waals surface area contributed by atoms with E-state index < -0.39 is 0 Å². The van der Waals surface area contributed by atoms with Crippen LogP contribution in [0.3, 0.4) is 0 Å². The minimum atomic E-state index is -0.319. The highest BCUT2D eigenvalue weighted by Gasteiger charge is 2.26. The zero-order valence-corrected chi connectivity index (χ0v) is 22.5. The highest BCUT2D eigenvalue weighted by atomic mass is 32.1. The number of benzene rings is 2. The van der Waals surface area contributed by atoms with Crippen molar-refractivity contribution < 1.29 is 14.3 Å². The van der Waals surface area contributed by atoms with Crippen molar-refractivity contribution in [1.82, 2.24) is 14.5 Å². The van der Waals surface area contributed by atoms with E-state index in [1.54, 1.807) is 31.2 Å². The van der Waals surface area contributed by atoms with Crippen molar-refractivity contribution in [2.75, 3.05) is 18.4 Å². The van der Waals surface area contributed by atoms with Gasteiger partial charge in [-0.25, -0.2) is 4.98 Å². The molecule has 0 saturated carbocycles. The van der Waals surface area contributed by atoms with Gasteiger partial charge < -0.3 is 15.0 Å². The number of fused-ring (bicyclic) bond motifs is 1. The van der Waals surface area contributed by atoms with Gasteiger partial charge in [-0.15, -0.1) is 11.3 Å². The zero-order chi connectivity index (χ0) is 26.8. The minimum Gasteiger partial charge on any atom is -0.457 e. The molecule has 0 bridgehead atoms. The number of nitrogens with one attached hydrogen (secondary N) is 1. The Morgan fingerprint density at radius 3 is 2.37 bits per heavy atom. The van der Waals surface area contributed by atoms with Crippen LogP contribution in [-0.2, 0) is 11.3 Å². The number of aryl methyl sites for hydroxylation is 1. The smallest absolute Gasteiger partial charge is 0.266 e. The van der Waals surface area contributed by atoms with E-state index in [9.17, 15) is 14.4 Å². The molecule has 2 atom stereocenters. The SMILES string of the molecule is Cc1c(C(=O)Nc2ccc(Oc3ccccc3)cc2)sc2ncn(CC(=O)N3C[C@H](C)C[C@@H](C)C3)c(=O)c12. The van der Waals surface area contributed by atoms with Crippen molar-refractivity contribution in [1.29, 1.82) is 0 Å². The topological polar surface area (TPSA) is 93.5 Å². The fourth-order valence-corrected chi connectivity index (χ4v) is 6.05. The maximum absolute atomic E-state index is 13.3. The Kier molecular flexibility index (Phi) is 7.28. The fraction of sp³-hybridized carbons (Fsp3) is 0.310. The maximum atomic E-state index is 13.3. The van der Waals surface area contributed by atoms with Gasteiger partial charge in [0, 0.05) is 18.8 Å². The summed E-state index contributed by atoms with van der Waals surface area (Å²) < 4.78 is 7.15. The summed E-state index contributed by atoms with van der Waals surface area (Å²) >= 11 is 1.17. The molecule has 9 heteroatoms. The fourth-order valence-electron chi connectivity index (χ4n) is 5.02. The number of ether oxygens (including phenoxy) is 1. The lowest BCUT2D eigenvalue weighted by Crippen LogP contribution is -2.44. The first-order chi connectivity index (χ1) is 18.3. The van der Waals surface area contributed by atoms with E-state index >= 15 is 0 Å². The first-order valence-corrected chi connectivity index (χ1v) is 13.5. The molecule has 1 saturated heterocycles. The quantitative estimate of drug-likeness (QED) is 0.364. The van der Waals surface area contributed by atoms with Crippen LogP contribution in [0, 0.1) is 18.8 Å². The van der Waals surface area contributed by atoms with Gasteiger partial charge in [0.05, 0.1) is 16.6 Å². The molecule has 0 spiro atoms. The molecule has 5 rings (SSSR count). The molecule has 2 aromatic heterocycles. The van der Waals surface area contributed by atoms with Crippen LogP contribution in [0.25, 0.3) is 10.2 Å². The summed E-state index contributed by atoms with van der Waals surface area (Å²) in [6, 6.07) is 16.5. The molecule has 2 amide bonds. The summed E-state index contributed by atoms with van der Waals surface area (Å²) in [6.45, 7) is 7.38. The summed E-state index contributed by atoms with van der Waals surface area (Å²) in [7, 11) is 0. The van der Waals surface area contributed by atoms with Crippen molar-refractivity contribution >= 4 is 39.1 Å². The highest BCUT2D eigenvalue weighted by Crippen LogP contribution is 2.29. The van der Waals surface area contributed by atoms with Crippen LogP contribution in [-0.4, -0.2) is 39.4 Å². The normalized spacial score (nSPS) is 17.4. The van der Waals surface area contributed by atoms with E-state index in [-0.39, 0.29) is 23.9 Å². The molecular weight excluding hydrogens is 500 g/mol. The van der Waals surface area contributed by atoms with Crippen LogP contribution in [0.4, 0.5) is 5.69 Å². The predicted octanol–water partition coefficient (Wildman–Crippen LogP) is 5.32. The average Bonchev–Trinajstić information content (AvgIpc) is 3.24. The number of nitrogens with zero attached hydrogens (tertiary/aromatic N) is 3. The van der Waals surface area contributed by atoms with E-state index in [1.807, 2.05) is 35.2 Å². The summed E-state index contributed by atoms with van der Waals surface area (Å²) in [5.41, 5.74) is 0.857. The molecule has 1 N–H and O–H groups in total. The first-order valence-electron chi connectivity index (χ1n) is 12.7. The summed E-state index contributed by atoms with van der Waals surface area (Å²) in [6.07, 6.45) is 2.50. The van der Waals surface area contributed by atoms with Crippen LogP contribution in [0.2, 0.25) is 0 Å². The molecule has 38 heavy (non-hydrogen) atoms. The van der Waals surface area contributed by atoms with Crippen molar-refractivity contribution in [3.63, 3.8) is 0 Å². The number of anilines is 1. The van der Waals surface area contributed by atoms with Crippen LogP contribution < -0.4 is 15.6 Å². The Hall–Kier alpha value is -3.98. The lowest BCUT2D eigenvalue weighted by Gasteiger charge is -2.35. The number of thiophene rings is 1. The second kappa shape index (κ2) is 10.8. The van der Waals surface area contributed by atoms with Crippen molar-refractivity contribution in [3.8, 4) is 11.5 Å². The van der Waals surface area contributed by atoms with Crippen molar-refractivity contribution in [2.24, 2.45) is 11.8 Å². The predicted molar refractivity (Wildman–Crippen MR) is 149 cm³/mol. The molecule has 4 aromatic rings. The van der Waals surface area contributed by atoms with Gasteiger partial charge in [-0.3, -0.25) is 19.0 Å². The molecule has 196 valence electrons. The third-order valence-electron chi connectivity index (χ3n) is 6.74. The van der Waals surface area contributed by atoms with Gasteiger partial charge in [-0.05, 0) is 67.1 Å². The standard InChI is InChI=1S/C29H30N4O4S/c1-18-13-19(2)15-32(14-18)24(34)16-33-17-30-28-25(29(33)36)20(3)26(38-28)27(35)31-21-9-11-23(12-10-21)37-22-7-5-4-6-8-22/h4-12,17-19H,13-16H2,1-3H3,(H,31,35)/t18-,19-/m1/s1. The molecule has 0 radical (unpaired) electrons. The summed E-state index contributed by atoms with van der Waals surface area (Å²) in [5, 5.41) is 3.26. The highest BCUT2D eigenvalue weighted by molar-refractivity contribution is 7.20. The average molecular weight is 531 g/mol. The summed E-state index contributed by atoms with van der Waals surface area (Å²) in [4.78, 5) is 46.5. The number of carbonyl (C=O) groups excluding carboxylic acids is 2. The molecule has 1 aliphatic heterocycles. The molecule has 0 aliphatic carbocycles. The maximum Gasteiger partial charge on any atom is 0.266 e. The number of para-hydroxylation sites is 1. The third-order valence-corrected chi connectivity index (χ3v) is 7.94. The van der Waals surface area contributed by atoms with Crippen LogP contribution in [0.1, 0.15) is 35.5 Å². The van der Waals surface area contributed by atoms with Gasteiger partial charge in [-0.1, -0.05) is 32.0 Å². The molecule has 2 aromatic carbocycles. The third kappa shape index (κ3) is 5.47. The molecule has 1 fully saturated rings. The van der Waals surface area contributed by atoms with Crippen LogP contribution in [0.15, 0.2) is 65.7 Å². The minimum absolute atomic E-state index is 0.0601. The Bertz CT molecular complexity index is 1520. The number of piperidine rings is 1. The van der Waals surface area contributed by atoms with Crippen LogP contribution >= 0.6 is 11.3 Å². The largest absolute Gasteiger partial charge is 0.457 e. The number of aromatic nitrogens is 2. The van der Waals surface area contributed by atoms with E-state index in [2.05, 4.69) is 24.1 Å². The Morgan fingerprint density at radius 2 is 1.68 bits per heavy atom. The van der Waals surface area contributed by atoms with Gasteiger partial charge in [0.25, 0.3) is 11.5 Å². The molecule has 0 unspecified atom stereocenters. The van der Waals surface area contributed by atoms with E-state index in [0.717, 1.165) is 12.2 Å². The molecule has 3 heterocycles.